The number of aromatic amines is 1. The van der Waals surface area contributed by atoms with Crippen molar-refractivity contribution in [3.63, 3.8) is 0 Å². The van der Waals surface area contributed by atoms with Crippen molar-refractivity contribution in [1.82, 2.24) is 4.98 Å². The lowest BCUT2D eigenvalue weighted by molar-refractivity contribution is 0.124. The molecule has 0 radical (unpaired) electrons. The number of aliphatic imine (C=N–C) groups is 1. The number of rotatable bonds is 1. The molecule has 1 aromatic heterocycles. The minimum Gasteiger partial charge on any atom is -0.488 e. The van der Waals surface area contributed by atoms with Crippen LogP contribution in [0.2, 0.25) is 0 Å². The van der Waals surface area contributed by atoms with Crippen molar-refractivity contribution in [2.45, 2.75) is 12.2 Å². The number of nitrogens with zero attached hydrogens (tertiary/aromatic N) is 2. The van der Waals surface area contributed by atoms with E-state index in [1.807, 2.05) is 30.3 Å². The van der Waals surface area contributed by atoms with Gasteiger partial charge < -0.3 is 14.8 Å². The van der Waals surface area contributed by atoms with Crippen LogP contribution in [0.5, 0.6) is 5.75 Å². The lowest BCUT2D eigenvalue weighted by Crippen LogP contribution is -2.30. The Morgan fingerprint density at radius 2 is 1.91 bits per heavy atom. The van der Waals surface area contributed by atoms with E-state index in [0.29, 0.717) is 39.1 Å². The van der Waals surface area contributed by atoms with E-state index in [1.165, 1.54) is 0 Å². The van der Waals surface area contributed by atoms with Crippen LogP contribution in [-0.2, 0) is 12.2 Å². The Kier molecular flexibility index (Phi) is 4.56. The van der Waals surface area contributed by atoms with Crippen LogP contribution in [0.3, 0.4) is 0 Å². The second-order valence-corrected chi connectivity index (χ2v) is 8.68. The summed E-state index contributed by atoms with van der Waals surface area (Å²) in [7, 11) is 0. The monoisotopic (exact) mass is 457 g/mol. The molecule has 2 aliphatic rings. The lowest BCUT2D eigenvalue weighted by atomic mass is 9.77. The zero-order valence-electron chi connectivity index (χ0n) is 18.6. The molecule has 0 fully saturated rings. The van der Waals surface area contributed by atoms with E-state index >= 15 is 0 Å². The Labute approximate surface area is 200 Å². The summed E-state index contributed by atoms with van der Waals surface area (Å²) in [6.07, 6.45) is 3.20. The molecule has 35 heavy (non-hydrogen) atoms. The molecule has 0 spiro atoms. The Balaban J connectivity index is 1.73. The molecule has 0 saturated carbocycles. The summed E-state index contributed by atoms with van der Waals surface area (Å²) >= 11 is 0. The maximum atomic E-state index is 12.5. The van der Waals surface area contributed by atoms with Crippen LogP contribution in [0.4, 0.5) is 0 Å². The highest BCUT2D eigenvalue weighted by atomic mass is 16.5. The number of ether oxygens (including phenoxy) is 1. The first-order valence-corrected chi connectivity index (χ1v) is 11.1. The normalized spacial score (nSPS) is 18.3. The molecule has 2 N–H and O–H groups in total. The third-order valence-corrected chi connectivity index (χ3v) is 6.58. The quantitative estimate of drug-likeness (QED) is 0.432. The fourth-order valence-corrected chi connectivity index (χ4v) is 4.82. The molecule has 6 bridgehead atoms. The molecule has 6 rings (SSSR count). The van der Waals surface area contributed by atoms with Gasteiger partial charge in [0.1, 0.15) is 24.0 Å². The van der Waals surface area contributed by atoms with Gasteiger partial charge in [0.2, 0.25) is 5.56 Å². The number of benzene rings is 3. The summed E-state index contributed by atoms with van der Waals surface area (Å²) in [5.41, 5.74) is 3.84. The van der Waals surface area contributed by atoms with Gasteiger partial charge in [-0.2, -0.15) is 5.26 Å². The standard InChI is InChI=1S/C29H19N3O3/c1-17-14-31-15-25(17)29(34)21-7-8-26-24(10-21)23(12-28(33)32-26)19-4-2-3-18(9-19)16-35-27-11-22(29)6-5-20(27)13-30/h2-12,14-15,34H,1,16H2,(H,32,33). The molecule has 0 aliphatic carbocycles. The minimum atomic E-state index is -1.63. The Hall–Kier alpha value is -4.73. The number of hydrogen-bond acceptors (Lipinski definition) is 5. The van der Waals surface area contributed by atoms with Gasteiger partial charge in [0, 0.05) is 35.0 Å². The van der Waals surface area contributed by atoms with Crippen LogP contribution in [0.1, 0.15) is 22.3 Å². The summed E-state index contributed by atoms with van der Waals surface area (Å²) in [5, 5.41) is 22.9. The van der Waals surface area contributed by atoms with E-state index < -0.39 is 5.60 Å². The lowest BCUT2D eigenvalue weighted by Gasteiger charge is -2.32. The Morgan fingerprint density at radius 3 is 2.71 bits per heavy atom. The van der Waals surface area contributed by atoms with Gasteiger partial charge in [-0.15, -0.1) is 0 Å². The fraction of sp³-hybridized carbons (Fsp3) is 0.0690. The van der Waals surface area contributed by atoms with E-state index in [0.717, 1.165) is 22.1 Å². The molecule has 1 unspecified atom stereocenters. The molecule has 1 atom stereocenters. The first-order valence-electron chi connectivity index (χ1n) is 11.1. The number of pyridine rings is 1. The number of nitriles is 1. The maximum absolute atomic E-state index is 12.5. The van der Waals surface area contributed by atoms with Gasteiger partial charge in [-0.3, -0.25) is 9.79 Å². The summed E-state index contributed by atoms with van der Waals surface area (Å²) in [4.78, 5) is 19.6. The molecule has 6 heteroatoms. The van der Waals surface area contributed by atoms with E-state index in [1.54, 1.807) is 48.8 Å². The number of hydrogen-bond donors (Lipinski definition) is 2. The van der Waals surface area contributed by atoms with Crippen LogP contribution < -0.4 is 10.3 Å². The predicted molar refractivity (Wildman–Crippen MR) is 134 cm³/mol. The molecule has 2 aliphatic heterocycles. The highest BCUT2D eigenvalue weighted by Crippen LogP contribution is 2.44. The number of nitrogens with one attached hydrogen (secondary N) is 1. The van der Waals surface area contributed by atoms with E-state index in [2.05, 4.69) is 22.6 Å². The third kappa shape index (κ3) is 3.22. The predicted octanol–water partition coefficient (Wildman–Crippen LogP) is 4.72. The topological polar surface area (TPSA) is 98.5 Å². The zero-order chi connectivity index (χ0) is 24.2. The van der Waals surface area contributed by atoms with Crippen molar-refractivity contribution in [2.24, 2.45) is 4.99 Å². The van der Waals surface area contributed by atoms with Crippen LogP contribution in [0.15, 0.2) is 100 Å². The van der Waals surface area contributed by atoms with Crippen molar-refractivity contribution in [3.05, 3.63) is 123 Å². The van der Waals surface area contributed by atoms with Gasteiger partial charge in [-0.05, 0) is 63.7 Å². The van der Waals surface area contributed by atoms with Crippen molar-refractivity contribution in [2.75, 3.05) is 0 Å². The van der Waals surface area contributed by atoms with Crippen molar-refractivity contribution < 1.29 is 9.84 Å². The van der Waals surface area contributed by atoms with Crippen LogP contribution in [0.25, 0.3) is 22.0 Å². The Morgan fingerprint density at radius 1 is 1.09 bits per heavy atom. The van der Waals surface area contributed by atoms with Crippen molar-refractivity contribution >= 4 is 17.1 Å². The average molecular weight is 457 g/mol. The van der Waals surface area contributed by atoms with Gasteiger partial charge in [-0.1, -0.05) is 36.9 Å². The second-order valence-electron chi connectivity index (χ2n) is 8.68. The van der Waals surface area contributed by atoms with Crippen LogP contribution >= 0.6 is 0 Å². The second kappa shape index (κ2) is 7.66. The fourth-order valence-electron chi connectivity index (χ4n) is 4.82. The average Bonchev–Trinajstić information content (AvgIpc) is 3.32. The molecule has 0 saturated heterocycles. The summed E-state index contributed by atoms with van der Waals surface area (Å²) in [6.45, 7) is 4.29. The van der Waals surface area contributed by atoms with Gasteiger partial charge in [0.05, 0.1) is 5.56 Å². The zero-order valence-corrected chi connectivity index (χ0v) is 18.6. The first-order chi connectivity index (χ1) is 17.0. The Bertz CT molecular complexity index is 1720. The smallest absolute Gasteiger partial charge is 0.249 e. The molecular weight excluding hydrogens is 438 g/mol. The van der Waals surface area contributed by atoms with E-state index in [4.69, 9.17) is 4.74 Å². The first kappa shape index (κ1) is 20.8. The maximum Gasteiger partial charge on any atom is 0.249 e. The van der Waals surface area contributed by atoms with Crippen molar-refractivity contribution in [3.8, 4) is 22.9 Å². The van der Waals surface area contributed by atoms with Crippen LogP contribution in [-0.4, -0.2) is 16.3 Å². The molecule has 4 aromatic rings. The molecule has 168 valence electrons. The molecule has 0 amide bonds. The highest BCUT2D eigenvalue weighted by Gasteiger charge is 2.39. The van der Waals surface area contributed by atoms with Crippen molar-refractivity contribution in [1.29, 1.82) is 5.26 Å². The van der Waals surface area contributed by atoms with Gasteiger partial charge >= 0.3 is 0 Å². The molecule has 3 aromatic carbocycles. The summed E-state index contributed by atoms with van der Waals surface area (Å²) in [5.74, 6) is 0.368. The van der Waals surface area contributed by atoms with Gasteiger partial charge in [-0.25, -0.2) is 0 Å². The number of aromatic nitrogens is 1. The van der Waals surface area contributed by atoms with Gasteiger partial charge in [0.15, 0.2) is 0 Å². The minimum absolute atomic E-state index is 0.215. The number of aliphatic hydroxyl groups is 1. The van der Waals surface area contributed by atoms with Crippen LogP contribution in [0, 0.1) is 11.3 Å². The van der Waals surface area contributed by atoms with Gasteiger partial charge in [0.25, 0.3) is 0 Å². The molecule has 6 nitrogen and oxygen atoms in total. The largest absolute Gasteiger partial charge is 0.488 e. The summed E-state index contributed by atoms with van der Waals surface area (Å²) < 4.78 is 6.09. The van der Waals surface area contributed by atoms with E-state index in [-0.39, 0.29) is 12.2 Å². The SMILES string of the molecule is C=C1C=NC=C1C1(O)c2ccc(C#N)c(c2)OCc2cccc(c2)-c2cc(=O)[nH]c3ccc1cc23. The highest BCUT2D eigenvalue weighted by molar-refractivity contribution is 5.95. The molecule has 3 heterocycles. The molecular formula is C29H19N3O3. The van der Waals surface area contributed by atoms with E-state index in [9.17, 15) is 15.2 Å². The number of H-pyrrole nitrogens is 1. The number of fused-ring (bicyclic) bond motifs is 6. The summed E-state index contributed by atoms with van der Waals surface area (Å²) in [6, 6.07) is 22.0. The third-order valence-electron chi connectivity index (χ3n) is 6.58.